The highest BCUT2D eigenvalue weighted by Gasteiger charge is 2.29. The van der Waals surface area contributed by atoms with Crippen LogP contribution in [-0.4, -0.2) is 39.8 Å². The van der Waals surface area contributed by atoms with Crippen molar-refractivity contribution in [3.63, 3.8) is 0 Å². The van der Waals surface area contributed by atoms with Gasteiger partial charge < -0.3 is 14.9 Å². The molecule has 0 saturated heterocycles. The molecule has 0 spiro atoms. The molecule has 2 aliphatic rings. The van der Waals surface area contributed by atoms with Crippen molar-refractivity contribution >= 4 is 11.8 Å². The predicted octanol–water partition coefficient (Wildman–Crippen LogP) is 2.54. The molecule has 5 heteroatoms. The van der Waals surface area contributed by atoms with E-state index < -0.39 is 11.7 Å². The van der Waals surface area contributed by atoms with Gasteiger partial charge in [0.25, 0.3) is 0 Å². The molecule has 25 heavy (non-hydrogen) atoms. The van der Waals surface area contributed by atoms with Gasteiger partial charge in [-0.15, -0.1) is 0 Å². The Bertz CT molecular complexity index is 691. The molecular formula is C20H26O5. The Labute approximate surface area is 148 Å². The number of carbonyl (C=O) groups is 2. The van der Waals surface area contributed by atoms with Crippen LogP contribution in [0.4, 0.5) is 0 Å². The number of esters is 1. The number of allylic oxidation sites excluding steroid dienone is 2. The summed E-state index contributed by atoms with van der Waals surface area (Å²) in [5, 5.41) is 20.4. The van der Waals surface area contributed by atoms with Gasteiger partial charge in [0.2, 0.25) is 0 Å². The molecule has 0 aromatic carbocycles. The molecule has 0 amide bonds. The van der Waals surface area contributed by atoms with Gasteiger partial charge in [0.15, 0.2) is 5.78 Å². The maximum Gasteiger partial charge on any atom is 0.333 e. The van der Waals surface area contributed by atoms with Crippen LogP contribution >= 0.6 is 0 Å². The topological polar surface area (TPSA) is 83.8 Å². The molecule has 3 atom stereocenters. The molecule has 5 nitrogen and oxygen atoms in total. The molecule has 0 bridgehead atoms. The number of ketones is 1. The second kappa shape index (κ2) is 7.50. The first-order valence-electron chi connectivity index (χ1n) is 8.51. The van der Waals surface area contributed by atoms with Crippen LogP contribution in [-0.2, 0) is 14.3 Å². The number of Topliss-reactive ketones (excluding diaryl/α,β-unsaturated/α-hetero) is 1. The normalized spacial score (nSPS) is 28.6. The molecule has 136 valence electrons. The second-order valence-electron chi connectivity index (χ2n) is 7.08. The summed E-state index contributed by atoms with van der Waals surface area (Å²) in [6, 6.07) is 0. The SMILES string of the molecule is CC1=CC[C@@H](/C(C)=C/CC[C@](C)(O)/C=C2/C(=O)C(C)=C[C@H]2O)OC1=O. The third-order valence-corrected chi connectivity index (χ3v) is 4.65. The van der Waals surface area contributed by atoms with Crippen molar-refractivity contribution < 1.29 is 24.5 Å². The highest BCUT2D eigenvalue weighted by Crippen LogP contribution is 2.26. The minimum absolute atomic E-state index is 0.226. The Balaban J connectivity index is 1.96. The van der Waals surface area contributed by atoms with Gasteiger partial charge in [-0.2, -0.15) is 0 Å². The molecule has 1 heterocycles. The quantitative estimate of drug-likeness (QED) is 0.454. The van der Waals surface area contributed by atoms with Crippen LogP contribution in [0.3, 0.4) is 0 Å². The van der Waals surface area contributed by atoms with E-state index in [0.717, 1.165) is 5.57 Å². The third-order valence-electron chi connectivity index (χ3n) is 4.65. The van der Waals surface area contributed by atoms with Gasteiger partial charge in [-0.3, -0.25) is 4.79 Å². The van der Waals surface area contributed by atoms with Crippen LogP contribution in [0.15, 0.2) is 46.6 Å². The molecule has 0 saturated carbocycles. The number of aliphatic hydroxyl groups is 2. The van der Waals surface area contributed by atoms with Crippen LogP contribution in [0.1, 0.15) is 47.0 Å². The number of hydrogen-bond acceptors (Lipinski definition) is 5. The number of ether oxygens (including phenoxy) is 1. The lowest BCUT2D eigenvalue weighted by molar-refractivity contribution is -0.143. The van der Waals surface area contributed by atoms with Gasteiger partial charge in [0.1, 0.15) is 12.2 Å². The Hall–Kier alpha value is -1.98. The summed E-state index contributed by atoms with van der Waals surface area (Å²) < 4.78 is 5.36. The average molecular weight is 346 g/mol. The monoisotopic (exact) mass is 346 g/mol. The van der Waals surface area contributed by atoms with Crippen LogP contribution in [0.2, 0.25) is 0 Å². The molecule has 0 radical (unpaired) electrons. The first kappa shape index (κ1) is 19.3. The highest BCUT2D eigenvalue weighted by molar-refractivity contribution is 6.11. The first-order chi connectivity index (χ1) is 11.6. The van der Waals surface area contributed by atoms with E-state index in [2.05, 4.69) is 0 Å². The average Bonchev–Trinajstić information content (AvgIpc) is 2.76. The lowest BCUT2D eigenvalue weighted by Crippen LogP contribution is -2.25. The fourth-order valence-corrected chi connectivity index (χ4v) is 2.96. The number of cyclic esters (lactones) is 1. The molecule has 1 aliphatic carbocycles. The first-order valence-corrected chi connectivity index (χ1v) is 8.51. The summed E-state index contributed by atoms with van der Waals surface area (Å²) in [4.78, 5) is 23.6. The molecule has 0 aromatic heterocycles. The summed E-state index contributed by atoms with van der Waals surface area (Å²) in [6.45, 7) is 6.90. The van der Waals surface area contributed by atoms with Crippen LogP contribution in [0.25, 0.3) is 0 Å². The lowest BCUT2D eigenvalue weighted by atomic mass is 9.93. The van der Waals surface area contributed by atoms with Gasteiger partial charge in [0, 0.05) is 17.6 Å². The van der Waals surface area contributed by atoms with E-state index >= 15 is 0 Å². The molecule has 0 fully saturated rings. The fraction of sp³-hybridized carbons (Fsp3) is 0.500. The smallest absolute Gasteiger partial charge is 0.333 e. The van der Waals surface area contributed by atoms with Gasteiger partial charge in [-0.05, 0) is 63.8 Å². The van der Waals surface area contributed by atoms with Crippen molar-refractivity contribution in [3.05, 3.63) is 46.6 Å². The zero-order valence-electron chi connectivity index (χ0n) is 15.2. The van der Waals surface area contributed by atoms with Gasteiger partial charge in [-0.1, -0.05) is 12.2 Å². The minimum Gasteiger partial charge on any atom is -0.454 e. The van der Waals surface area contributed by atoms with Crippen LogP contribution < -0.4 is 0 Å². The predicted molar refractivity (Wildman–Crippen MR) is 94.7 cm³/mol. The second-order valence-corrected chi connectivity index (χ2v) is 7.08. The van der Waals surface area contributed by atoms with Crippen molar-refractivity contribution in [3.8, 4) is 0 Å². The Morgan fingerprint density at radius 3 is 2.60 bits per heavy atom. The van der Waals surface area contributed by atoms with Gasteiger partial charge in [0.05, 0.1) is 5.60 Å². The van der Waals surface area contributed by atoms with Gasteiger partial charge >= 0.3 is 5.97 Å². The molecule has 0 aromatic rings. The molecular weight excluding hydrogens is 320 g/mol. The van der Waals surface area contributed by atoms with E-state index in [-0.39, 0.29) is 23.4 Å². The maximum absolute atomic E-state index is 12.0. The van der Waals surface area contributed by atoms with E-state index in [4.69, 9.17) is 4.74 Å². The molecule has 2 N–H and O–H groups in total. The summed E-state index contributed by atoms with van der Waals surface area (Å²) in [6.07, 6.45) is 7.15. The number of rotatable bonds is 5. The van der Waals surface area contributed by atoms with E-state index in [1.807, 2.05) is 19.1 Å². The Kier molecular flexibility index (Phi) is 5.80. The van der Waals surface area contributed by atoms with E-state index in [1.54, 1.807) is 20.8 Å². The number of carbonyl (C=O) groups excluding carboxylic acids is 2. The zero-order chi connectivity index (χ0) is 18.8. The fourth-order valence-electron chi connectivity index (χ4n) is 2.96. The minimum atomic E-state index is -1.21. The van der Waals surface area contributed by atoms with E-state index in [9.17, 15) is 19.8 Å². The summed E-state index contributed by atoms with van der Waals surface area (Å²) in [7, 11) is 0. The van der Waals surface area contributed by atoms with Crippen molar-refractivity contribution in [2.45, 2.75) is 64.8 Å². The molecule has 0 unspecified atom stereocenters. The summed E-state index contributed by atoms with van der Waals surface area (Å²) in [5.74, 6) is -0.520. The standard InChI is InChI=1S/C20H26O5/c1-12(17-8-7-13(2)19(23)25-17)6-5-9-20(4,24)11-15-16(21)10-14(3)18(15)22/h6-7,10-11,16-17,21,24H,5,8-9H2,1-4H3/b12-6+,15-11+/t16-,17+,20+/m1/s1. The van der Waals surface area contributed by atoms with Gasteiger partial charge in [-0.25, -0.2) is 4.79 Å². The summed E-state index contributed by atoms with van der Waals surface area (Å²) in [5.41, 5.74) is 1.08. The molecule has 1 aliphatic heterocycles. The molecule has 2 rings (SSSR count). The van der Waals surface area contributed by atoms with E-state index in [0.29, 0.717) is 30.4 Å². The zero-order valence-corrected chi connectivity index (χ0v) is 15.2. The van der Waals surface area contributed by atoms with Crippen molar-refractivity contribution in [2.24, 2.45) is 0 Å². The Morgan fingerprint density at radius 1 is 1.36 bits per heavy atom. The lowest BCUT2D eigenvalue weighted by Gasteiger charge is -2.23. The largest absolute Gasteiger partial charge is 0.454 e. The van der Waals surface area contributed by atoms with Crippen molar-refractivity contribution in [2.75, 3.05) is 0 Å². The number of aliphatic hydroxyl groups excluding tert-OH is 1. The van der Waals surface area contributed by atoms with Crippen molar-refractivity contribution in [1.29, 1.82) is 0 Å². The van der Waals surface area contributed by atoms with Crippen LogP contribution in [0.5, 0.6) is 0 Å². The third kappa shape index (κ3) is 4.77. The van der Waals surface area contributed by atoms with Crippen LogP contribution in [0, 0.1) is 0 Å². The number of hydrogen-bond donors (Lipinski definition) is 2. The van der Waals surface area contributed by atoms with E-state index in [1.165, 1.54) is 12.2 Å². The highest BCUT2D eigenvalue weighted by atomic mass is 16.5. The Morgan fingerprint density at radius 2 is 2.04 bits per heavy atom. The maximum atomic E-state index is 12.0. The summed E-state index contributed by atoms with van der Waals surface area (Å²) >= 11 is 0. The van der Waals surface area contributed by atoms with Crippen molar-refractivity contribution in [1.82, 2.24) is 0 Å².